The van der Waals surface area contributed by atoms with Crippen molar-refractivity contribution >= 4 is 38.7 Å². The Morgan fingerprint density at radius 2 is 1.96 bits per heavy atom. The van der Waals surface area contributed by atoms with Gasteiger partial charge in [-0.25, -0.2) is 22.2 Å². The van der Waals surface area contributed by atoms with Crippen molar-refractivity contribution in [1.82, 2.24) is 23.5 Å². The third-order valence-corrected chi connectivity index (χ3v) is 5.49. The Morgan fingerprint density at radius 3 is 2.81 bits per heavy atom. The first-order chi connectivity index (χ1) is 12.5. The van der Waals surface area contributed by atoms with Gasteiger partial charge in [0.1, 0.15) is 28.1 Å². The molecule has 0 fully saturated rings. The molecule has 0 bridgehead atoms. The van der Waals surface area contributed by atoms with Gasteiger partial charge < -0.3 is 0 Å². The Morgan fingerprint density at radius 1 is 1.12 bits per heavy atom. The van der Waals surface area contributed by atoms with Crippen molar-refractivity contribution in [3.05, 3.63) is 60.2 Å². The molecular formula is C15H11FN6O2S2. The number of nitrogens with one attached hydrogen (secondary N) is 1. The van der Waals surface area contributed by atoms with Crippen LogP contribution < -0.4 is 4.72 Å². The lowest BCUT2D eigenvalue weighted by atomic mass is 10.2. The van der Waals surface area contributed by atoms with Gasteiger partial charge in [-0.1, -0.05) is 24.3 Å². The Bertz CT molecular complexity index is 1190. The molecule has 2 aromatic carbocycles. The van der Waals surface area contributed by atoms with Crippen LogP contribution in [0.15, 0.2) is 53.7 Å². The van der Waals surface area contributed by atoms with E-state index in [0.29, 0.717) is 11.1 Å². The molecule has 0 radical (unpaired) electrons. The lowest BCUT2D eigenvalue weighted by Crippen LogP contribution is -2.15. The van der Waals surface area contributed by atoms with Crippen LogP contribution in [0, 0.1) is 5.82 Å². The van der Waals surface area contributed by atoms with E-state index in [9.17, 15) is 12.8 Å². The van der Waals surface area contributed by atoms with E-state index in [2.05, 4.69) is 23.6 Å². The van der Waals surface area contributed by atoms with Crippen LogP contribution in [-0.4, -0.2) is 31.9 Å². The number of nitrogens with zero attached hydrogens (tertiary/aromatic N) is 5. The number of benzene rings is 2. The molecule has 2 aromatic heterocycles. The van der Waals surface area contributed by atoms with Crippen LogP contribution >= 0.6 is 11.7 Å². The van der Waals surface area contributed by atoms with E-state index in [0.717, 1.165) is 11.7 Å². The van der Waals surface area contributed by atoms with E-state index < -0.39 is 10.0 Å². The molecule has 0 unspecified atom stereocenters. The Kier molecular flexibility index (Phi) is 4.09. The Balaban J connectivity index is 1.59. The van der Waals surface area contributed by atoms with Crippen molar-refractivity contribution in [1.29, 1.82) is 0 Å². The van der Waals surface area contributed by atoms with Gasteiger partial charge >= 0.3 is 0 Å². The van der Waals surface area contributed by atoms with Crippen molar-refractivity contribution in [3.8, 4) is 0 Å². The van der Waals surface area contributed by atoms with Gasteiger partial charge in [0.25, 0.3) is 16.0 Å². The number of rotatable bonds is 5. The minimum Gasteiger partial charge on any atom is -0.246 e. The van der Waals surface area contributed by atoms with Gasteiger partial charge in [0, 0.05) is 5.56 Å². The summed E-state index contributed by atoms with van der Waals surface area (Å²) in [4.78, 5) is 3.92. The largest absolute Gasteiger partial charge is 0.266 e. The zero-order valence-corrected chi connectivity index (χ0v) is 14.7. The quantitative estimate of drug-likeness (QED) is 0.561. The molecule has 1 N–H and O–H groups in total. The summed E-state index contributed by atoms with van der Waals surface area (Å²) < 4.78 is 50.6. The number of anilines is 1. The van der Waals surface area contributed by atoms with E-state index >= 15 is 0 Å². The number of halogens is 1. The fourth-order valence-corrected chi connectivity index (χ4v) is 4.11. The second kappa shape index (κ2) is 6.42. The standard InChI is InChI=1S/C15H11FN6O2S2/c16-11-5-2-1-4-10(11)8-22-9-17-15(18-22)21-26(23,24)13-7-3-6-12-14(13)20-25-19-12/h1-7,9H,8H2,(H,18,21). The summed E-state index contributed by atoms with van der Waals surface area (Å²) in [6, 6.07) is 11.0. The van der Waals surface area contributed by atoms with Crippen LogP contribution in [0.25, 0.3) is 11.0 Å². The van der Waals surface area contributed by atoms with Crippen molar-refractivity contribution in [2.24, 2.45) is 0 Å². The van der Waals surface area contributed by atoms with E-state index in [1.165, 1.54) is 23.1 Å². The molecule has 8 nitrogen and oxygen atoms in total. The summed E-state index contributed by atoms with van der Waals surface area (Å²) in [6.07, 6.45) is 1.33. The highest BCUT2D eigenvalue weighted by atomic mass is 32.2. The summed E-state index contributed by atoms with van der Waals surface area (Å²) >= 11 is 0.933. The molecule has 4 rings (SSSR count). The molecule has 0 spiro atoms. The predicted octanol–water partition coefficient (Wildman–Crippen LogP) is 2.27. The second-order valence-electron chi connectivity index (χ2n) is 5.35. The lowest BCUT2D eigenvalue weighted by Gasteiger charge is -2.05. The van der Waals surface area contributed by atoms with Crippen LogP contribution in [0.4, 0.5) is 10.3 Å². The highest BCUT2D eigenvalue weighted by Crippen LogP contribution is 2.22. The van der Waals surface area contributed by atoms with Crippen molar-refractivity contribution in [2.75, 3.05) is 4.72 Å². The predicted molar refractivity (Wildman–Crippen MR) is 93.7 cm³/mol. The van der Waals surface area contributed by atoms with Gasteiger partial charge in [0.05, 0.1) is 18.3 Å². The van der Waals surface area contributed by atoms with Gasteiger partial charge in [0.2, 0.25) is 0 Å². The van der Waals surface area contributed by atoms with E-state index in [1.807, 2.05) is 0 Å². The Labute approximate surface area is 151 Å². The van der Waals surface area contributed by atoms with E-state index in [4.69, 9.17) is 0 Å². The molecule has 0 amide bonds. The maximum Gasteiger partial charge on any atom is 0.266 e. The summed E-state index contributed by atoms with van der Waals surface area (Å²) in [6.45, 7) is 0.132. The SMILES string of the molecule is O=S(=O)(Nc1ncn(Cc2ccccc2F)n1)c1cccc2nsnc12. The number of hydrogen-bond acceptors (Lipinski definition) is 7. The smallest absolute Gasteiger partial charge is 0.246 e. The molecule has 11 heteroatoms. The molecule has 2 heterocycles. The van der Waals surface area contributed by atoms with Gasteiger partial charge in [0.15, 0.2) is 0 Å². The molecule has 0 aliphatic heterocycles. The third-order valence-electron chi connectivity index (χ3n) is 3.59. The molecule has 26 heavy (non-hydrogen) atoms. The molecular weight excluding hydrogens is 379 g/mol. The Hall–Kier alpha value is -2.92. The van der Waals surface area contributed by atoms with Crippen LogP contribution in [-0.2, 0) is 16.6 Å². The van der Waals surface area contributed by atoms with Gasteiger partial charge in [-0.05, 0) is 18.2 Å². The number of hydrogen-bond donors (Lipinski definition) is 1. The molecule has 0 aliphatic carbocycles. The zero-order chi connectivity index (χ0) is 18.1. The second-order valence-corrected chi connectivity index (χ2v) is 7.53. The first kappa shape index (κ1) is 16.5. The minimum atomic E-state index is -3.94. The summed E-state index contributed by atoms with van der Waals surface area (Å²) in [5.74, 6) is -0.477. The van der Waals surface area contributed by atoms with E-state index in [1.54, 1.807) is 30.3 Å². The molecule has 132 valence electrons. The average molecular weight is 390 g/mol. The van der Waals surface area contributed by atoms with Crippen LogP contribution in [0.2, 0.25) is 0 Å². The van der Waals surface area contributed by atoms with Crippen LogP contribution in [0.5, 0.6) is 0 Å². The minimum absolute atomic E-state index is 0.00537. The van der Waals surface area contributed by atoms with E-state index in [-0.39, 0.29) is 28.7 Å². The molecule has 0 atom stereocenters. The first-order valence-corrected chi connectivity index (χ1v) is 9.61. The lowest BCUT2D eigenvalue weighted by molar-refractivity contribution is 0.584. The van der Waals surface area contributed by atoms with Gasteiger partial charge in [-0.15, -0.1) is 5.10 Å². The number of aromatic nitrogens is 5. The van der Waals surface area contributed by atoms with Crippen molar-refractivity contribution in [3.63, 3.8) is 0 Å². The normalized spacial score (nSPS) is 11.7. The van der Waals surface area contributed by atoms with Crippen molar-refractivity contribution in [2.45, 2.75) is 11.4 Å². The topological polar surface area (TPSA) is 103 Å². The monoisotopic (exact) mass is 390 g/mol. The maximum atomic E-state index is 13.7. The molecule has 0 saturated carbocycles. The van der Waals surface area contributed by atoms with Crippen LogP contribution in [0.3, 0.4) is 0 Å². The summed E-state index contributed by atoms with van der Waals surface area (Å²) in [5.41, 5.74) is 1.21. The first-order valence-electron chi connectivity index (χ1n) is 7.40. The van der Waals surface area contributed by atoms with Crippen LogP contribution in [0.1, 0.15) is 5.56 Å². The summed E-state index contributed by atoms with van der Waals surface area (Å²) in [7, 11) is -3.94. The maximum absolute atomic E-state index is 13.7. The number of fused-ring (bicyclic) bond motifs is 1. The average Bonchev–Trinajstić information content (AvgIpc) is 3.25. The third kappa shape index (κ3) is 3.13. The number of sulfonamides is 1. The molecule has 4 aromatic rings. The fourth-order valence-electron chi connectivity index (χ4n) is 2.39. The highest BCUT2D eigenvalue weighted by molar-refractivity contribution is 7.93. The van der Waals surface area contributed by atoms with Crippen molar-refractivity contribution < 1.29 is 12.8 Å². The fraction of sp³-hybridized carbons (Fsp3) is 0.0667. The van der Waals surface area contributed by atoms with Gasteiger partial charge in [-0.2, -0.15) is 13.7 Å². The molecule has 0 saturated heterocycles. The zero-order valence-electron chi connectivity index (χ0n) is 13.1. The highest BCUT2D eigenvalue weighted by Gasteiger charge is 2.21. The van der Waals surface area contributed by atoms with Gasteiger partial charge in [-0.3, -0.25) is 0 Å². The molecule has 0 aliphatic rings. The summed E-state index contributed by atoms with van der Waals surface area (Å²) in [5, 5.41) is 4.04.